The summed E-state index contributed by atoms with van der Waals surface area (Å²) in [6.45, 7) is 0.406. The Morgan fingerprint density at radius 1 is 1.09 bits per heavy atom. The van der Waals surface area contributed by atoms with Gasteiger partial charge in [0.15, 0.2) is 16.7 Å². The number of thioether (sulfide) groups is 1. The summed E-state index contributed by atoms with van der Waals surface area (Å²) >= 11 is 16.8. The number of rotatable bonds is 6. The number of carbonyl (C=O) groups is 1. The highest BCUT2D eigenvalue weighted by molar-refractivity contribution is 9.10. The van der Waals surface area contributed by atoms with Gasteiger partial charge in [-0.2, -0.15) is 0 Å². The summed E-state index contributed by atoms with van der Waals surface area (Å²) in [5.41, 5.74) is 2.42. The van der Waals surface area contributed by atoms with Gasteiger partial charge < -0.3 is 14.8 Å². The lowest BCUT2D eigenvalue weighted by Crippen LogP contribution is -2.19. The molecule has 0 radical (unpaired) electrons. The van der Waals surface area contributed by atoms with Gasteiger partial charge in [-0.3, -0.25) is 4.79 Å². The molecule has 1 saturated heterocycles. The van der Waals surface area contributed by atoms with Crippen LogP contribution in [-0.4, -0.2) is 18.2 Å². The molecule has 0 aromatic heterocycles. The van der Waals surface area contributed by atoms with Crippen LogP contribution in [0.1, 0.15) is 11.1 Å². The molecule has 3 aromatic rings. The summed E-state index contributed by atoms with van der Waals surface area (Å²) < 4.78 is 12.2. The van der Waals surface area contributed by atoms with E-state index >= 15 is 0 Å². The van der Waals surface area contributed by atoms with E-state index in [1.54, 1.807) is 31.4 Å². The van der Waals surface area contributed by atoms with Crippen LogP contribution < -0.4 is 14.8 Å². The monoisotopic (exact) mass is 562 g/mol. The van der Waals surface area contributed by atoms with Gasteiger partial charge in [0.25, 0.3) is 5.91 Å². The Kier molecular flexibility index (Phi) is 7.65. The fourth-order valence-electron chi connectivity index (χ4n) is 3.00. The molecular formula is C24H17BrCl2N2O3S. The molecule has 1 fully saturated rings. The van der Waals surface area contributed by atoms with Crippen molar-refractivity contribution in [2.45, 2.75) is 6.61 Å². The zero-order valence-electron chi connectivity index (χ0n) is 17.3. The highest BCUT2D eigenvalue weighted by Crippen LogP contribution is 2.39. The molecule has 168 valence electrons. The number of hydrogen-bond acceptors (Lipinski definition) is 5. The molecule has 1 amide bonds. The molecule has 1 aliphatic heterocycles. The highest BCUT2D eigenvalue weighted by Gasteiger charge is 2.24. The summed E-state index contributed by atoms with van der Waals surface area (Å²) in [5, 5.41) is 4.06. The van der Waals surface area contributed by atoms with Crippen molar-refractivity contribution in [3.8, 4) is 11.5 Å². The fraction of sp³-hybridized carbons (Fsp3) is 0.0833. The lowest BCUT2D eigenvalue weighted by Gasteiger charge is -2.13. The van der Waals surface area contributed by atoms with Crippen LogP contribution in [0.5, 0.6) is 11.5 Å². The lowest BCUT2D eigenvalue weighted by molar-refractivity contribution is -0.115. The normalized spacial score (nSPS) is 15.7. The molecule has 4 rings (SSSR count). The molecule has 0 bridgehead atoms. The maximum Gasteiger partial charge on any atom is 0.264 e. The molecule has 5 nitrogen and oxygen atoms in total. The number of carbonyl (C=O) groups excluding carboxylic acids is 1. The lowest BCUT2D eigenvalue weighted by atomic mass is 10.2. The average molecular weight is 564 g/mol. The van der Waals surface area contributed by atoms with Crippen molar-refractivity contribution in [3.05, 3.63) is 91.2 Å². The summed E-state index contributed by atoms with van der Waals surface area (Å²) in [5.74, 6) is 0.910. The predicted octanol–water partition coefficient (Wildman–Crippen LogP) is 7.24. The molecule has 1 heterocycles. The maximum atomic E-state index is 12.5. The minimum absolute atomic E-state index is 0.238. The van der Waals surface area contributed by atoms with Crippen LogP contribution in [0.15, 0.2) is 75.0 Å². The Bertz CT molecular complexity index is 1270. The number of halogens is 3. The van der Waals surface area contributed by atoms with E-state index in [1.165, 1.54) is 11.8 Å². The number of aliphatic imine (C=N–C) groups is 1. The third-order valence-electron chi connectivity index (χ3n) is 4.56. The Balaban J connectivity index is 1.54. The van der Waals surface area contributed by atoms with Gasteiger partial charge in [0.1, 0.15) is 6.61 Å². The van der Waals surface area contributed by atoms with Crippen LogP contribution in [-0.2, 0) is 11.4 Å². The first-order valence-electron chi connectivity index (χ1n) is 9.72. The largest absolute Gasteiger partial charge is 0.493 e. The van der Waals surface area contributed by atoms with Gasteiger partial charge in [0.2, 0.25) is 0 Å². The first-order chi connectivity index (χ1) is 15.9. The molecule has 0 atom stereocenters. The number of ether oxygens (including phenoxy) is 2. The van der Waals surface area contributed by atoms with E-state index in [2.05, 4.69) is 26.2 Å². The predicted molar refractivity (Wildman–Crippen MR) is 139 cm³/mol. The molecule has 1 aliphatic rings. The van der Waals surface area contributed by atoms with Crippen LogP contribution in [0.25, 0.3) is 6.08 Å². The molecule has 0 saturated carbocycles. The number of benzene rings is 3. The van der Waals surface area contributed by atoms with E-state index in [4.69, 9.17) is 32.7 Å². The van der Waals surface area contributed by atoms with Crippen LogP contribution in [0, 0.1) is 0 Å². The van der Waals surface area contributed by atoms with E-state index in [1.807, 2.05) is 42.5 Å². The van der Waals surface area contributed by atoms with E-state index in [9.17, 15) is 4.79 Å². The quantitative estimate of drug-likeness (QED) is 0.321. The average Bonchev–Trinajstić information content (AvgIpc) is 3.14. The minimum Gasteiger partial charge on any atom is -0.493 e. The van der Waals surface area contributed by atoms with Crippen LogP contribution in [0.3, 0.4) is 0 Å². The van der Waals surface area contributed by atoms with Gasteiger partial charge in [0.05, 0.1) is 32.2 Å². The first-order valence-corrected chi connectivity index (χ1v) is 12.1. The SMILES string of the molecule is COc1cc(/C=C2/SC(=Nc3ccc(Cl)c(Cl)c3)NC2=O)cc(Br)c1OCc1ccccc1. The molecule has 33 heavy (non-hydrogen) atoms. The van der Waals surface area contributed by atoms with E-state index in [0.29, 0.717) is 43.9 Å². The van der Waals surface area contributed by atoms with Gasteiger partial charge in [-0.25, -0.2) is 4.99 Å². The molecule has 0 spiro atoms. The molecule has 0 aliphatic carbocycles. The van der Waals surface area contributed by atoms with Crippen molar-refractivity contribution in [1.82, 2.24) is 5.32 Å². The van der Waals surface area contributed by atoms with Gasteiger partial charge in [-0.05, 0) is 75.2 Å². The third kappa shape index (κ3) is 5.92. The third-order valence-corrected chi connectivity index (χ3v) is 6.80. The van der Waals surface area contributed by atoms with Crippen molar-refractivity contribution in [2.75, 3.05) is 7.11 Å². The molecule has 0 unspecified atom stereocenters. The molecule has 1 N–H and O–H groups in total. The van der Waals surface area contributed by atoms with Crippen LogP contribution in [0.2, 0.25) is 10.0 Å². The number of hydrogen-bond donors (Lipinski definition) is 1. The minimum atomic E-state index is -0.238. The van der Waals surface area contributed by atoms with Crippen molar-refractivity contribution >= 4 is 73.7 Å². The number of nitrogens with zero attached hydrogens (tertiary/aromatic N) is 1. The second kappa shape index (κ2) is 10.7. The highest BCUT2D eigenvalue weighted by atomic mass is 79.9. The Labute approximate surface area is 213 Å². The van der Waals surface area contributed by atoms with E-state index < -0.39 is 0 Å². The zero-order chi connectivity index (χ0) is 23.4. The van der Waals surface area contributed by atoms with Crippen molar-refractivity contribution < 1.29 is 14.3 Å². The van der Waals surface area contributed by atoms with Crippen molar-refractivity contribution in [1.29, 1.82) is 0 Å². The second-order valence-corrected chi connectivity index (χ2v) is 9.59. The Morgan fingerprint density at radius 3 is 2.61 bits per heavy atom. The summed E-state index contributed by atoms with van der Waals surface area (Å²) in [6.07, 6.45) is 1.77. The number of amides is 1. The van der Waals surface area contributed by atoms with Gasteiger partial charge in [-0.1, -0.05) is 53.5 Å². The molecular weight excluding hydrogens is 547 g/mol. The molecule has 9 heteroatoms. The van der Waals surface area contributed by atoms with Crippen molar-refractivity contribution in [2.24, 2.45) is 4.99 Å². The van der Waals surface area contributed by atoms with E-state index in [-0.39, 0.29) is 5.91 Å². The summed E-state index contributed by atoms with van der Waals surface area (Å²) in [6, 6.07) is 18.6. The van der Waals surface area contributed by atoms with Crippen molar-refractivity contribution in [3.63, 3.8) is 0 Å². The maximum absolute atomic E-state index is 12.5. The molecule has 3 aromatic carbocycles. The van der Waals surface area contributed by atoms with Gasteiger partial charge >= 0.3 is 0 Å². The second-order valence-electron chi connectivity index (χ2n) is 6.89. The standard InChI is InChI=1S/C24H17BrCl2N2O3S/c1-31-20-10-15(9-17(25)22(20)32-13-14-5-3-2-4-6-14)11-21-23(30)29-24(33-21)28-16-7-8-18(26)19(27)12-16/h2-12H,13H2,1H3,(H,28,29,30)/b21-11+. The summed E-state index contributed by atoms with van der Waals surface area (Å²) in [7, 11) is 1.58. The first kappa shape index (κ1) is 23.7. The van der Waals surface area contributed by atoms with Gasteiger partial charge in [0, 0.05) is 0 Å². The van der Waals surface area contributed by atoms with Crippen LogP contribution >= 0.6 is 50.9 Å². The fourth-order valence-corrected chi connectivity index (χ4v) is 4.71. The zero-order valence-corrected chi connectivity index (χ0v) is 21.2. The summed E-state index contributed by atoms with van der Waals surface area (Å²) in [4.78, 5) is 17.4. The van der Waals surface area contributed by atoms with Crippen LogP contribution in [0.4, 0.5) is 5.69 Å². The van der Waals surface area contributed by atoms with Gasteiger partial charge in [-0.15, -0.1) is 0 Å². The van der Waals surface area contributed by atoms with E-state index in [0.717, 1.165) is 15.6 Å². The Morgan fingerprint density at radius 2 is 1.88 bits per heavy atom. The number of nitrogens with one attached hydrogen (secondary N) is 1. The number of methoxy groups -OCH3 is 1. The smallest absolute Gasteiger partial charge is 0.264 e. The topological polar surface area (TPSA) is 59.9 Å². The number of amidine groups is 1. The Hall–Kier alpha value is -2.45.